The number of hydrogen-bond donors (Lipinski definition) is 2. The molecule has 3 rings (SSSR count). The van der Waals surface area contributed by atoms with Crippen molar-refractivity contribution in [2.24, 2.45) is 0 Å². The second kappa shape index (κ2) is 10.1. The van der Waals surface area contributed by atoms with Crippen LogP contribution in [0.4, 0.5) is 0 Å². The molecule has 0 heterocycles. The van der Waals surface area contributed by atoms with Gasteiger partial charge in [0, 0.05) is 18.2 Å². The van der Waals surface area contributed by atoms with Gasteiger partial charge in [-0.1, -0.05) is 60.7 Å². The summed E-state index contributed by atoms with van der Waals surface area (Å²) in [5.41, 5.74) is 8.02. The van der Waals surface area contributed by atoms with Gasteiger partial charge in [-0.2, -0.15) is 0 Å². The molecule has 6 nitrogen and oxygen atoms in total. The highest BCUT2D eigenvalue weighted by atomic mass is 16.5. The molecule has 0 unspecified atom stereocenters. The van der Waals surface area contributed by atoms with Crippen LogP contribution in [0.2, 0.25) is 0 Å². The molecule has 0 aliphatic carbocycles. The molecule has 148 valence electrons. The number of hydrazine groups is 1. The van der Waals surface area contributed by atoms with E-state index in [9.17, 15) is 9.59 Å². The first-order valence-electron chi connectivity index (χ1n) is 9.11. The maximum absolute atomic E-state index is 12.1. The third-order valence-corrected chi connectivity index (χ3v) is 4.17. The molecule has 3 aromatic rings. The van der Waals surface area contributed by atoms with Gasteiger partial charge in [-0.15, -0.1) is 0 Å². The van der Waals surface area contributed by atoms with E-state index in [1.807, 2.05) is 48.5 Å². The Labute approximate surface area is 169 Å². The zero-order chi connectivity index (χ0) is 20.5. The van der Waals surface area contributed by atoms with E-state index in [0.29, 0.717) is 17.9 Å². The second-order valence-electron chi connectivity index (χ2n) is 6.28. The van der Waals surface area contributed by atoms with Crippen LogP contribution in [0.1, 0.15) is 15.9 Å². The number of amides is 2. The first kappa shape index (κ1) is 20.1. The van der Waals surface area contributed by atoms with Gasteiger partial charge < -0.3 is 9.47 Å². The normalized spacial score (nSPS) is 10.2. The standard InChI is InChI=1S/C23H22N2O4/c1-28-15-17-11-13-19(14-12-17)23(27)25-24-22(26)16-29-21-10-6-5-9-20(21)18-7-3-2-4-8-18/h2-14H,15-16H2,1H3,(H,24,26)(H,25,27). The van der Waals surface area contributed by atoms with Gasteiger partial charge in [0.25, 0.3) is 11.8 Å². The first-order valence-corrected chi connectivity index (χ1v) is 9.11. The molecule has 0 bridgehead atoms. The highest BCUT2D eigenvalue weighted by Crippen LogP contribution is 2.29. The molecule has 2 amide bonds. The fourth-order valence-electron chi connectivity index (χ4n) is 2.75. The van der Waals surface area contributed by atoms with E-state index in [4.69, 9.17) is 9.47 Å². The van der Waals surface area contributed by atoms with Crippen LogP contribution >= 0.6 is 0 Å². The largest absolute Gasteiger partial charge is 0.483 e. The molecule has 0 radical (unpaired) electrons. The van der Waals surface area contributed by atoms with E-state index < -0.39 is 11.8 Å². The van der Waals surface area contributed by atoms with Crippen molar-refractivity contribution >= 4 is 11.8 Å². The monoisotopic (exact) mass is 390 g/mol. The van der Waals surface area contributed by atoms with Crippen molar-refractivity contribution in [3.05, 3.63) is 90.0 Å². The van der Waals surface area contributed by atoms with Crippen molar-refractivity contribution < 1.29 is 19.1 Å². The number of carbonyl (C=O) groups is 2. The molecule has 6 heteroatoms. The molecule has 2 N–H and O–H groups in total. The topological polar surface area (TPSA) is 76.7 Å². The lowest BCUT2D eigenvalue weighted by molar-refractivity contribution is -0.123. The number of methoxy groups -OCH3 is 1. The SMILES string of the molecule is COCc1ccc(C(=O)NNC(=O)COc2ccccc2-c2ccccc2)cc1. The second-order valence-corrected chi connectivity index (χ2v) is 6.28. The van der Waals surface area contributed by atoms with Gasteiger partial charge in [0.15, 0.2) is 6.61 Å². The number of ether oxygens (including phenoxy) is 2. The van der Waals surface area contributed by atoms with Gasteiger partial charge in [-0.3, -0.25) is 20.4 Å². The van der Waals surface area contributed by atoms with Crippen molar-refractivity contribution in [2.75, 3.05) is 13.7 Å². The Morgan fingerprint density at radius 1 is 0.828 bits per heavy atom. The minimum Gasteiger partial charge on any atom is -0.483 e. The van der Waals surface area contributed by atoms with Crippen LogP contribution in [0, 0.1) is 0 Å². The lowest BCUT2D eigenvalue weighted by Gasteiger charge is -2.12. The molecule has 29 heavy (non-hydrogen) atoms. The van der Waals surface area contributed by atoms with Gasteiger partial charge in [0.05, 0.1) is 6.61 Å². The third kappa shape index (κ3) is 5.67. The number of hydrogen-bond acceptors (Lipinski definition) is 4. The molecule has 0 aliphatic heterocycles. The molecule has 0 aromatic heterocycles. The minimum absolute atomic E-state index is 0.225. The summed E-state index contributed by atoms with van der Waals surface area (Å²) in [6.45, 7) is 0.247. The number of benzene rings is 3. The summed E-state index contributed by atoms with van der Waals surface area (Å²) in [6, 6.07) is 24.2. The molecular weight excluding hydrogens is 368 g/mol. The molecule has 0 saturated heterocycles. The van der Waals surface area contributed by atoms with E-state index in [-0.39, 0.29) is 6.61 Å². The fourth-order valence-corrected chi connectivity index (χ4v) is 2.75. The van der Waals surface area contributed by atoms with Crippen molar-refractivity contribution in [2.45, 2.75) is 6.61 Å². The Bertz CT molecular complexity index is 956. The summed E-state index contributed by atoms with van der Waals surface area (Å²) < 4.78 is 10.7. The average Bonchev–Trinajstić information content (AvgIpc) is 2.77. The zero-order valence-electron chi connectivity index (χ0n) is 16.1. The summed E-state index contributed by atoms with van der Waals surface area (Å²) in [7, 11) is 1.61. The molecular formula is C23H22N2O4. The maximum Gasteiger partial charge on any atom is 0.276 e. The van der Waals surface area contributed by atoms with Crippen LogP contribution in [0.3, 0.4) is 0 Å². The van der Waals surface area contributed by atoms with Crippen LogP contribution < -0.4 is 15.6 Å². The van der Waals surface area contributed by atoms with Crippen LogP contribution in [-0.4, -0.2) is 25.5 Å². The highest BCUT2D eigenvalue weighted by Gasteiger charge is 2.10. The zero-order valence-corrected chi connectivity index (χ0v) is 16.1. The van der Waals surface area contributed by atoms with E-state index in [1.54, 1.807) is 37.4 Å². The van der Waals surface area contributed by atoms with Crippen molar-refractivity contribution in [1.29, 1.82) is 0 Å². The van der Waals surface area contributed by atoms with E-state index in [2.05, 4.69) is 10.9 Å². The van der Waals surface area contributed by atoms with Gasteiger partial charge >= 0.3 is 0 Å². The summed E-state index contributed by atoms with van der Waals surface area (Å²) in [4.78, 5) is 24.2. The van der Waals surface area contributed by atoms with Gasteiger partial charge in [-0.25, -0.2) is 0 Å². The molecule has 0 spiro atoms. The Hall–Kier alpha value is -3.64. The molecule has 0 aliphatic rings. The smallest absolute Gasteiger partial charge is 0.276 e. The fraction of sp³-hybridized carbons (Fsp3) is 0.130. The number of carbonyl (C=O) groups excluding carboxylic acids is 2. The van der Waals surface area contributed by atoms with E-state index >= 15 is 0 Å². The van der Waals surface area contributed by atoms with E-state index in [1.165, 1.54) is 0 Å². The Morgan fingerprint density at radius 2 is 1.52 bits per heavy atom. The number of rotatable bonds is 7. The highest BCUT2D eigenvalue weighted by molar-refractivity contribution is 5.95. The Morgan fingerprint density at radius 3 is 2.24 bits per heavy atom. The average molecular weight is 390 g/mol. The predicted octanol–water partition coefficient (Wildman–Crippen LogP) is 3.34. The summed E-state index contributed by atoms with van der Waals surface area (Å²) in [5, 5.41) is 0. The van der Waals surface area contributed by atoms with Crippen LogP contribution in [0.15, 0.2) is 78.9 Å². The van der Waals surface area contributed by atoms with Gasteiger partial charge in [-0.05, 0) is 29.3 Å². The van der Waals surface area contributed by atoms with Crippen LogP contribution in [0.5, 0.6) is 5.75 Å². The van der Waals surface area contributed by atoms with E-state index in [0.717, 1.165) is 16.7 Å². The lowest BCUT2D eigenvalue weighted by atomic mass is 10.1. The van der Waals surface area contributed by atoms with Crippen LogP contribution in [-0.2, 0) is 16.1 Å². The van der Waals surface area contributed by atoms with Crippen molar-refractivity contribution in [3.8, 4) is 16.9 Å². The molecule has 3 aromatic carbocycles. The summed E-state index contributed by atoms with van der Waals surface area (Å²) >= 11 is 0. The predicted molar refractivity (Wildman–Crippen MR) is 110 cm³/mol. The maximum atomic E-state index is 12.1. The summed E-state index contributed by atoms with van der Waals surface area (Å²) in [5.74, 6) is -0.280. The molecule has 0 atom stereocenters. The van der Waals surface area contributed by atoms with Crippen molar-refractivity contribution in [1.82, 2.24) is 10.9 Å². The lowest BCUT2D eigenvalue weighted by Crippen LogP contribution is -2.43. The number of nitrogens with one attached hydrogen (secondary N) is 2. The number of para-hydroxylation sites is 1. The quantitative estimate of drug-likeness (QED) is 0.607. The third-order valence-electron chi connectivity index (χ3n) is 4.17. The molecule has 0 fully saturated rings. The van der Waals surface area contributed by atoms with Crippen molar-refractivity contribution in [3.63, 3.8) is 0 Å². The van der Waals surface area contributed by atoms with Crippen LogP contribution in [0.25, 0.3) is 11.1 Å². The first-order chi connectivity index (χ1) is 14.2. The van der Waals surface area contributed by atoms with Gasteiger partial charge in [0.1, 0.15) is 5.75 Å². The molecule has 0 saturated carbocycles. The summed E-state index contributed by atoms with van der Waals surface area (Å²) in [6.07, 6.45) is 0. The van der Waals surface area contributed by atoms with Gasteiger partial charge in [0.2, 0.25) is 0 Å². The Kier molecular flexibility index (Phi) is 6.97. The Balaban J connectivity index is 1.52. The minimum atomic E-state index is -0.461.